The topological polar surface area (TPSA) is 38.2 Å². The van der Waals surface area contributed by atoms with Crippen LogP contribution in [0.5, 0.6) is 0 Å². The van der Waals surface area contributed by atoms with E-state index in [1.165, 1.54) is 0 Å². The molecule has 2 aromatic rings. The number of thiophene rings is 1. The average Bonchev–Trinajstić information content (AvgIpc) is 2.72. The van der Waals surface area contributed by atoms with E-state index in [1.807, 2.05) is 11.4 Å². The lowest BCUT2D eigenvalue weighted by Crippen LogP contribution is -2.56. The van der Waals surface area contributed by atoms with Crippen LogP contribution in [0.15, 0.2) is 11.4 Å². The molecular weight excluding hydrogens is 306 g/mol. The van der Waals surface area contributed by atoms with Crippen LogP contribution in [0.4, 0.5) is 0 Å². The molecule has 0 aliphatic carbocycles. The Morgan fingerprint density at radius 1 is 1.24 bits per heavy atom. The highest BCUT2D eigenvalue weighted by Gasteiger charge is 2.38. The zero-order chi connectivity index (χ0) is 15.3. The highest BCUT2D eigenvalue weighted by Crippen LogP contribution is 2.30. The Kier molecular flexibility index (Phi) is 3.72. The molecule has 3 heterocycles. The van der Waals surface area contributed by atoms with Gasteiger partial charge in [-0.15, -0.1) is 11.3 Å². The normalized spacial score (nSPS) is 21.8. The van der Waals surface area contributed by atoms with Crippen LogP contribution >= 0.6 is 22.9 Å². The van der Waals surface area contributed by atoms with Gasteiger partial charge in [0, 0.05) is 18.5 Å². The van der Waals surface area contributed by atoms with Crippen LogP contribution < -0.4 is 0 Å². The Morgan fingerprint density at radius 2 is 1.90 bits per heavy atom. The lowest BCUT2D eigenvalue weighted by Gasteiger charge is -2.47. The minimum atomic E-state index is -0.168. The van der Waals surface area contributed by atoms with E-state index in [2.05, 4.69) is 42.6 Å². The largest absolute Gasteiger partial charge is 0.367 e. The van der Waals surface area contributed by atoms with E-state index < -0.39 is 0 Å². The minimum Gasteiger partial charge on any atom is -0.367 e. The summed E-state index contributed by atoms with van der Waals surface area (Å²) >= 11 is 7.84. The number of halogens is 1. The molecule has 1 aliphatic heterocycles. The number of hydrogen-bond acceptors (Lipinski definition) is 5. The van der Waals surface area contributed by atoms with Crippen LogP contribution in [0, 0.1) is 0 Å². The zero-order valence-corrected chi connectivity index (χ0v) is 14.4. The van der Waals surface area contributed by atoms with Gasteiger partial charge in [-0.3, -0.25) is 4.90 Å². The van der Waals surface area contributed by atoms with Crippen molar-refractivity contribution in [1.29, 1.82) is 0 Å². The summed E-state index contributed by atoms with van der Waals surface area (Å²) in [7, 11) is 0. The molecule has 0 atom stereocenters. The first kappa shape index (κ1) is 15.2. The second-order valence-corrected chi connectivity index (χ2v) is 8.09. The summed E-state index contributed by atoms with van der Waals surface area (Å²) in [6, 6.07) is 1.97. The van der Waals surface area contributed by atoms with E-state index >= 15 is 0 Å². The Balaban J connectivity index is 1.84. The maximum atomic E-state index is 6.25. The molecule has 0 N–H and O–H groups in total. The Bertz CT molecular complexity index is 652. The number of nitrogens with zero attached hydrogens (tertiary/aromatic N) is 3. The van der Waals surface area contributed by atoms with E-state index in [0.29, 0.717) is 11.7 Å². The smallest absolute Gasteiger partial charge is 0.145 e. The van der Waals surface area contributed by atoms with Crippen molar-refractivity contribution in [2.45, 2.75) is 45.4 Å². The Morgan fingerprint density at radius 3 is 2.57 bits per heavy atom. The fraction of sp³-hybridized carbons (Fsp3) is 0.600. The molecule has 6 heteroatoms. The molecule has 4 nitrogen and oxygen atoms in total. The third-order valence-electron chi connectivity index (χ3n) is 3.45. The van der Waals surface area contributed by atoms with Gasteiger partial charge in [0.25, 0.3) is 0 Å². The Labute approximate surface area is 134 Å². The van der Waals surface area contributed by atoms with Crippen LogP contribution in [-0.2, 0) is 11.3 Å². The lowest BCUT2D eigenvalue weighted by molar-refractivity contribution is -0.182. The number of ether oxygens (including phenoxy) is 1. The molecule has 0 radical (unpaired) electrons. The molecule has 0 saturated carbocycles. The fourth-order valence-electron chi connectivity index (χ4n) is 3.19. The molecule has 2 aromatic heterocycles. The molecule has 0 spiro atoms. The molecule has 21 heavy (non-hydrogen) atoms. The van der Waals surface area contributed by atoms with Crippen LogP contribution in [0.2, 0.25) is 5.15 Å². The highest BCUT2D eigenvalue weighted by atomic mass is 35.5. The summed E-state index contributed by atoms with van der Waals surface area (Å²) in [6.45, 7) is 10.9. The SMILES string of the molecule is CC1(C)CN(Cc2nc(Cl)c3ccsc3n2)CC(C)(C)O1. The van der Waals surface area contributed by atoms with Gasteiger partial charge in [-0.05, 0) is 39.1 Å². The maximum Gasteiger partial charge on any atom is 0.145 e. The summed E-state index contributed by atoms with van der Waals surface area (Å²) in [5.74, 6) is 0.781. The van der Waals surface area contributed by atoms with Crippen molar-refractivity contribution in [3.63, 3.8) is 0 Å². The summed E-state index contributed by atoms with van der Waals surface area (Å²) in [6.07, 6.45) is 0. The summed E-state index contributed by atoms with van der Waals surface area (Å²) in [5, 5.41) is 3.48. The summed E-state index contributed by atoms with van der Waals surface area (Å²) in [4.78, 5) is 12.4. The minimum absolute atomic E-state index is 0.168. The molecule has 0 aromatic carbocycles. The molecule has 0 unspecified atom stereocenters. The van der Waals surface area contributed by atoms with E-state index in [4.69, 9.17) is 16.3 Å². The maximum absolute atomic E-state index is 6.25. The predicted octanol–water partition coefficient (Wildman–Crippen LogP) is 3.73. The number of hydrogen-bond donors (Lipinski definition) is 0. The van der Waals surface area contributed by atoms with E-state index in [9.17, 15) is 0 Å². The van der Waals surface area contributed by atoms with Gasteiger partial charge in [0.1, 0.15) is 15.8 Å². The fourth-order valence-corrected chi connectivity index (χ4v) is 4.28. The van der Waals surface area contributed by atoms with Crippen molar-refractivity contribution < 1.29 is 4.74 Å². The van der Waals surface area contributed by atoms with Gasteiger partial charge in [0.15, 0.2) is 0 Å². The average molecular weight is 326 g/mol. The summed E-state index contributed by atoms with van der Waals surface area (Å²) < 4.78 is 6.10. The van der Waals surface area contributed by atoms with E-state index in [0.717, 1.165) is 29.1 Å². The second-order valence-electron chi connectivity index (χ2n) is 6.84. The first-order chi connectivity index (χ1) is 9.74. The van der Waals surface area contributed by atoms with Gasteiger partial charge in [0.2, 0.25) is 0 Å². The molecule has 3 rings (SSSR count). The highest BCUT2D eigenvalue weighted by molar-refractivity contribution is 7.16. The lowest BCUT2D eigenvalue weighted by atomic mass is 9.99. The predicted molar refractivity (Wildman–Crippen MR) is 86.9 cm³/mol. The Hall–Kier alpha value is -0.750. The van der Waals surface area contributed by atoms with Crippen LogP contribution in [-0.4, -0.2) is 39.2 Å². The van der Waals surface area contributed by atoms with E-state index in [-0.39, 0.29) is 11.2 Å². The molecule has 1 aliphatic rings. The van der Waals surface area contributed by atoms with Crippen molar-refractivity contribution in [2.75, 3.05) is 13.1 Å². The van der Waals surface area contributed by atoms with Crippen LogP contribution in [0.3, 0.4) is 0 Å². The first-order valence-corrected chi connectivity index (χ1v) is 8.32. The van der Waals surface area contributed by atoms with E-state index in [1.54, 1.807) is 11.3 Å². The van der Waals surface area contributed by atoms with Crippen molar-refractivity contribution in [3.05, 3.63) is 22.4 Å². The number of morpholine rings is 1. The third kappa shape index (κ3) is 3.37. The number of aromatic nitrogens is 2. The van der Waals surface area contributed by atoms with Crippen LogP contribution in [0.25, 0.3) is 10.2 Å². The van der Waals surface area contributed by atoms with Crippen molar-refractivity contribution >= 4 is 33.2 Å². The van der Waals surface area contributed by atoms with Gasteiger partial charge in [-0.1, -0.05) is 11.6 Å². The van der Waals surface area contributed by atoms with Crippen molar-refractivity contribution in [1.82, 2.24) is 14.9 Å². The summed E-state index contributed by atoms with van der Waals surface area (Å²) in [5.41, 5.74) is -0.336. The van der Waals surface area contributed by atoms with Gasteiger partial charge >= 0.3 is 0 Å². The molecule has 0 amide bonds. The first-order valence-electron chi connectivity index (χ1n) is 7.06. The van der Waals surface area contributed by atoms with Gasteiger partial charge in [-0.2, -0.15) is 0 Å². The van der Waals surface area contributed by atoms with Crippen molar-refractivity contribution in [3.8, 4) is 0 Å². The monoisotopic (exact) mass is 325 g/mol. The standard InChI is InChI=1S/C15H20ClN3OS/c1-14(2)8-19(9-15(3,4)20-14)7-11-17-12(16)10-5-6-21-13(10)18-11/h5-6H,7-9H2,1-4H3. The molecule has 1 fully saturated rings. The van der Waals surface area contributed by atoms with Gasteiger partial charge in [0.05, 0.1) is 17.7 Å². The quantitative estimate of drug-likeness (QED) is 0.788. The second kappa shape index (κ2) is 5.16. The number of rotatable bonds is 2. The van der Waals surface area contributed by atoms with Gasteiger partial charge in [-0.25, -0.2) is 9.97 Å². The van der Waals surface area contributed by atoms with Gasteiger partial charge < -0.3 is 4.74 Å². The number of fused-ring (bicyclic) bond motifs is 1. The molecule has 0 bridgehead atoms. The zero-order valence-electron chi connectivity index (χ0n) is 12.8. The van der Waals surface area contributed by atoms with Crippen molar-refractivity contribution in [2.24, 2.45) is 0 Å². The molecule has 1 saturated heterocycles. The molecular formula is C15H20ClN3OS. The molecule has 114 valence electrons. The third-order valence-corrected chi connectivity index (χ3v) is 4.55. The van der Waals surface area contributed by atoms with Crippen LogP contribution in [0.1, 0.15) is 33.5 Å².